The number of hydrogen-bond donors (Lipinski definition) is 1. The average Bonchev–Trinajstić information content (AvgIpc) is 2.87. The van der Waals surface area contributed by atoms with Gasteiger partial charge in [-0.2, -0.15) is 5.26 Å². The van der Waals surface area contributed by atoms with E-state index in [0.29, 0.717) is 16.9 Å². The summed E-state index contributed by atoms with van der Waals surface area (Å²) in [4.78, 5) is 0. The van der Waals surface area contributed by atoms with Crippen molar-refractivity contribution in [3.63, 3.8) is 0 Å². The molecule has 1 unspecified atom stereocenters. The summed E-state index contributed by atoms with van der Waals surface area (Å²) >= 11 is 0. The molecule has 3 nitrogen and oxygen atoms in total. The summed E-state index contributed by atoms with van der Waals surface area (Å²) in [5.41, 5.74) is 9.17. The van der Waals surface area contributed by atoms with Crippen LogP contribution in [0.3, 0.4) is 0 Å². The van der Waals surface area contributed by atoms with Crippen LogP contribution in [-0.2, 0) is 13.0 Å². The van der Waals surface area contributed by atoms with Crippen LogP contribution in [0.5, 0.6) is 5.75 Å². The molecular weight excluding hydrogens is 267 g/mol. The number of hydrogen-bond acceptors (Lipinski definition) is 3. The van der Waals surface area contributed by atoms with Crippen molar-refractivity contribution in [2.45, 2.75) is 25.5 Å². The molecule has 2 N–H and O–H groups in total. The maximum Gasteiger partial charge on any atom is 0.129 e. The Morgan fingerprint density at radius 1 is 1.29 bits per heavy atom. The molecule has 106 valence electrons. The molecule has 0 fully saturated rings. The summed E-state index contributed by atoms with van der Waals surface area (Å²) in [7, 11) is 0. The molecule has 1 aliphatic carbocycles. The maximum atomic E-state index is 13.7. The van der Waals surface area contributed by atoms with Crippen LogP contribution >= 0.6 is 0 Å². The zero-order valence-corrected chi connectivity index (χ0v) is 11.5. The fraction of sp³-hybridized carbons (Fsp3) is 0.235. The van der Waals surface area contributed by atoms with Crippen LogP contribution in [-0.4, -0.2) is 0 Å². The minimum absolute atomic E-state index is 0.103. The van der Waals surface area contributed by atoms with Crippen molar-refractivity contribution < 1.29 is 9.13 Å². The third-order valence-corrected chi connectivity index (χ3v) is 3.81. The van der Waals surface area contributed by atoms with Gasteiger partial charge in [-0.3, -0.25) is 0 Å². The van der Waals surface area contributed by atoms with E-state index >= 15 is 0 Å². The molecule has 4 heteroatoms. The first kappa shape index (κ1) is 13.6. The first-order chi connectivity index (χ1) is 10.2. The normalized spacial score (nSPS) is 16.3. The molecule has 1 atom stereocenters. The van der Waals surface area contributed by atoms with Crippen LogP contribution < -0.4 is 10.5 Å². The summed E-state index contributed by atoms with van der Waals surface area (Å²) in [5, 5.41) is 8.84. The second kappa shape index (κ2) is 5.55. The number of nitrogens with two attached hydrogens (primary N) is 1. The van der Waals surface area contributed by atoms with E-state index in [2.05, 4.69) is 0 Å². The molecule has 1 aliphatic rings. The van der Waals surface area contributed by atoms with Crippen molar-refractivity contribution in [1.29, 1.82) is 5.26 Å². The number of nitriles is 1. The highest BCUT2D eigenvalue weighted by Crippen LogP contribution is 2.32. The van der Waals surface area contributed by atoms with Crippen LogP contribution in [0.15, 0.2) is 36.4 Å². The van der Waals surface area contributed by atoms with Gasteiger partial charge in [-0.05, 0) is 54.3 Å². The molecule has 0 saturated heterocycles. The Hall–Kier alpha value is -2.38. The quantitative estimate of drug-likeness (QED) is 0.940. The second-order valence-electron chi connectivity index (χ2n) is 5.21. The molecule has 2 aromatic carbocycles. The Morgan fingerprint density at radius 3 is 2.95 bits per heavy atom. The third-order valence-electron chi connectivity index (χ3n) is 3.81. The van der Waals surface area contributed by atoms with Crippen molar-refractivity contribution in [3.8, 4) is 11.8 Å². The monoisotopic (exact) mass is 282 g/mol. The SMILES string of the molecule is N#Cc1ccc(F)c(COc2ccc3c(c2)CCC3N)c1. The van der Waals surface area contributed by atoms with Gasteiger partial charge in [-0.1, -0.05) is 6.07 Å². The number of benzene rings is 2. The lowest BCUT2D eigenvalue weighted by molar-refractivity contribution is 0.299. The Labute approximate surface area is 122 Å². The van der Waals surface area contributed by atoms with Crippen molar-refractivity contribution in [2.24, 2.45) is 5.73 Å². The van der Waals surface area contributed by atoms with Crippen LogP contribution in [0.2, 0.25) is 0 Å². The molecule has 0 amide bonds. The minimum Gasteiger partial charge on any atom is -0.489 e. The zero-order valence-electron chi connectivity index (χ0n) is 11.5. The van der Waals surface area contributed by atoms with E-state index in [-0.39, 0.29) is 18.5 Å². The van der Waals surface area contributed by atoms with Crippen LogP contribution in [0.4, 0.5) is 4.39 Å². The van der Waals surface area contributed by atoms with E-state index in [1.54, 1.807) is 0 Å². The van der Waals surface area contributed by atoms with Crippen LogP contribution in [0.1, 0.15) is 34.7 Å². The first-order valence-corrected chi connectivity index (χ1v) is 6.87. The minimum atomic E-state index is -0.364. The Kier molecular flexibility index (Phi) is 3.59. The second-order valence-corrected chi connectivity index (χ2v) is 5.21. The molecule has 0 radical (unpaired) electrons. The van der Waals surface area contributed by atoms with Crippen LogP contribution in [0.25, 0.3) is 0 Å². The number of halogens is 1. The van der Waals surface area contributed by atoms with E-state index in [9.17, 15) is 4.39 Å². The van der Waals surface area contributed by atoms with Gasteiger partial charge in [0.05, 0.1) is 11.6 Å². The Balaban J connectivity index is 1.75. The topological polar surface area (TPSA) is 59.0 Å². The molecule has 2 aromatic rings. The van der Waals surface area contributed by atoms with E-state index < -0.39 is 0 Å². The average molecular weight is 282 g/mol. The lowest BCUT2D eigenvalue weighted by atomic mass is 10.1. The van der Waals surface area contributed by atoms with Crippen molar-refractivity contribution in [2.75, 3.05) is 0 Å². The lowest BCUT2D eigenvalue weighted by Crippen LogP contribution is -2.05. The molecule has 0 aromatic heterocycles. The van der Waals surface area contributed by atoms with E-state index in [0.717, 1.165) is 12.8 Å². The van der Waals surface area contributed by atoms with E-state index in [1.165, 1.54) is 29.3 Å². The fourth-order valence-electron chi connectivity index (χ4n) is 2.63. The number of fused-ring (bicyclic) bond motifs is 1. The van der Waals surface area contributed by atoms with Gasteiger partial charge in [0.15, 0.2) is 0 Å². The predicted molar refractivity (Wildman–Crippen MR) is 77.1 cm³/mol. The van der Waals surface area contributed by atoms with Crippen molar-refractivity contribution in [3.05, 3.63) is 64.5 Å². The molecule has 21 heavy (non-hydrogen) atoms. The van der Waals surface area contributed by atoms with Gasteiger partial charge in [0.25, 0.3) is 0 Å². The molecule has 0 bridgehead atoms. The van der Waals surface area contributed by atoms with Gasteiger partial charge in [0, 0.05) is 11.6 Å². The van der Waals surface area contributed by atoms with Gasteiger partial charge in [0.1, 0.15) is 18.2 Å². The molecule has 0 aliphatic heterocycles. The molecular formula is C17H15FN2O. The van der Waals surface area contributed by atoms with Gasteiger partial charge in [-0.25, -0.2) is 4.39 Å². The number of ether oxygens (including phenoxy) is 1. The maximum absolute atomic E-state index is 13.7. The Bertz CT molecular complexity index is 721. The number of aryl methyl sites for hydroxylation is 1. The summed E-state index contributed by atoms with van der Waals surface area (Å²) < 4.78 is 19.3. The lowest BCUT2D eigenvalue weighted by Gasteiger charge is -2.10. The first-order valence-electron chi connectivity index (χ1n) is 6.87. The van der Waals surface area contributed by atoms with Gasteiger partial charge < -0.3 is 10.5 Å². The van der Waals surface area contributed by atoms with Gasteiger partial charge in [-0.15, -0.1) is 0 Å². The van der Waals surface area contributed by atoms with Gasteiger partial charge in [0.2, 0.25) is 0 Å². The molecule has 3 rings (SSSR count). The summed E-state index contributed by atoms with van der Waals surface area (Å²) in [6, 6.07) is 12.2. The third kappa shape index (κ3) is 2.74. The van der Waals surface area contributed by atoms with E-state index in [1.807, 2.05) is 24.3 Å². The highest BCUT2D eigenvalue weighted by Gasteiger charge is 2.19. The smallest absolute Gasteiger partial charge is 0.129 e. The molecule has 0 saturated carbocycles. The fourth-order valence-corrected chi connectivity index (χ4v) is 2.63. The van der Waals surface area contributed by atoms with Crippen molar-refractivity contribution in [1.82, 2.24) is 0 Å². The summed E-state index contributed by atoms with van der Waals surface area (Å²) in [6.45, 7) is 0.103. The predicted octanol–water partition coefficient (Wildman–Crippen LogP) is 3.22. The highest BCUT2D eigenvalue weighted by molar-refractivity contribution is 5.40. The zero-order chi connectivity index (χ0) is 14.8. The standard InChI is InChI=1S/C17H15FN2O/c18-16-5-1-11(9-19)7-13(16)10-21-14-3-4-15-12(8-14)2-6-17(15)20/h1,3-5,7-8,17H,2,6,10,20H2. The van der Waals surface area contributed by atoms with Gasteiger partial charge >= 0.3 is 0 Å². The van der Waals surface area contributed by atoms with Crippen LogP contribution in [0, 0.1) is 17.1 Å². The molecule has 0 spiro atoms. The van der Waals surface area contributed by atoms with E-state index in [4.69, 9.17) is 15.7 Å². The summed E-state index contributed by atoms with van der Waals surface area (Å²) in [6.07, 6.45) is 1.91. The number of nitrogens with zero attached hydrogens (tertiary/aromatic N) is 1. The largest absolute Gasteiger partial charge is 0.489 e. The number of rotatable bonds is 3. The van der Waals surface area contributed by atoms with Crippen molar-refractivity contribution >= 4 is 0 Å². The Morgan fingerprint density at radius 2 is 2.14 bits per heavy atom. The summed E-state index contributed by atoms with van der Waals surface area (Å²) in [5.74, 6) is 0.335. The molecule has 0 heterocycles. The highest BCUT2D eigenvalue weighted by atomic mass is 19.1.